The number of nitrogens with one attached hydrogen (secondary N) is 1. The van der Waals surface area contributed by atoms with Crippen molar-refractivity contribution in [1.82, 2.24) is 20.2 Å². The maximum Gasteiger partial charge on any atom is 0.234 e. The number of anilines is 1. The summed E-state index contributed by atoms with van der Waals surface area (Å²) in [5.74, 6) is 3.51. The van der Waals surface area contributed by atoms with Crippen molar-refractivity contribution in [2.75, 3.05) is 44.2 Å². The standard InChI is InChI=1S/C19H23N5OS/c1-2-7-20-16(25)12-23-8-4-9-24(11-10-23)18-17-14-5-3-6-15(14)26-19(17)22-13-21-18/h1,13H,3-12H2,(H,20,25). The van der Waals surface area contributed by atoms with Crippen LogP contribution in [0.25, 0.3) is 10.2 Å². The zero-order chi connectivity index (χ0) is 17.9. The van der Waals surface area contributed by atoms with E-state index in [0.717, 1.165) is 49.7 Å². The summed E-state index contributed by atoms with van der Waals surface area (Å²) in [5, 5.41) is 4.01. The number of aromatic nitrogens is 2. The van der Waals surface area contributed by atoms with Crippen molar-refractivity contribution in [3.8, 4) is 12.3 Å². The molecular weight excluding hydrogens is 346 g/mol. The number of carbonyl (C=O) groups excluding carboxylic acids is 1. The number of rotatable bonds is 4. The first-order valence-electron chi connectivity index (χ1n) is 9.19. The Balaban J connectivity index is 1.49. The summed E-state index contributed by atoms with van der Waals surface area (Å²) >= 11 is 1.83. The van der Waals surface area contributed by atoms with Crippen molar-refractivity contribution in [2.45, 2.75) is 25.7 Å². The maximum absolute atomic E-state index is 11.9. The number of hydrogen-bond acceptors (Lipinski definition) is 6. The van der Waals surface area contributed by atoms with E-state index in [1.54, 1.807) is 6.33 Å². The van der Waals surface area contributed by atoms with Gasteiger partial charge >= 0.3 is 0 Å². The number of terminal acetylenes is 1. The smallest absolute Gasteiger partial charge is 0.234 e. The average molecular weight is 369 g/mol. The minimum Gasteiger partial charge on any atom is -0.355 e. The van der Waals surface area contributed by atoms with E-state index in [9.17, 15) is 4.79 Å². The van der Waals surface area contributed by atoms with E-state index in [-0.39, 0.29) is 5.91 Å². The average Bonchev–Trinajstić information content (AvgIpc) is 3.15. The van der Waals surface area contributed by atoms with E-state index >= 15 is 0 Å². The first kappa shape index (κ1) is 17.3. The Labute approximate surface area is 157 Å². The predicted octanol–water partition coefficient (Wildman–Crippen LogP) is 1.44. The molecule has 3 heterocycles. The van der Waals surface area contributed by atoms with Gasteiger partial charge in [-0.2, -0.15) is 0 Å². The van der Waals surface area contributed by atoms with Crippen LogP contribution in [0.4, 0.5) is 5.82 Å². The molecule has 1 fully saturated rings. The highest BCUT2D eigenvalue weighted by molar-refractivity contribution is 7.19. The SMILES string of the molecule is C#CCNC(=O)CN1CCCN(c2ncnc3sc4c(c23)CCC4)CC1. The Morgan fingerprint density at radius 2 is 2.15 bits per heavy atom. The Kier molecular flexibility index (Phi) is 5.05. The Bertz CT molecular complexity index is 855. The van der Waals surface area contributed by atoms with E-state index in [1.165, 1.54) is 28.7 Å². The maximum atomic E-state index is 11.9. The van der Waals surface area contributed by atoms with Crippen molar-refractivity contribution in [3.63, 3.8) is 0 Å². The largest absolute Gasteiger partial charge is 0.355 e. The summed E-state index contributed by atoms with van der Waals surface area (Å²) in [6.45, 7) is 4.29. The van der Waals surface area contributed by atoms with E-state index in [0.29, 0.717) is 13.1 Å². The summed E-state index contributed by atoms with van der Waals surface area (Å²) in [6, 6.07) is 0. The molecule has 0 aromatic carbocycles. The molecule has 1 aliphatic heterocycles. The summed E-state index contributed by atoms with van der Waals surface area (Å²) in [5.41, 5.74) is 1.47. The fourth-order valence-corrected chi connectivity index (χ4v) is 5.12. The van der Waals surface area contributed by atoms with Crippen LogP contribution < -0.4 is 10.2 Å². The highest BCUT2D eigenvalue weighted by atomic mass is 32.1. The lowest BCUT2D eigenvalue weighted by Gasteiger charge is -2.23. The third kappa shape index (κ3) is 3.39. The van der Waals surface area contributed by atoms with Crippen molar-refractivity contribution in [1.29, 1.82) is 0 Å². The molecular formula is C19H23N5OS. The van der Waals surface area contributed by atoms with Crippen LogP contribution in [0.3, 0.4) is 0 Å². The molecule has 1 N–H and O–H groups in total. The normalized spacial score (nSPS) is 17.7. The van der Waals surface area contributed by atoms with Gasteiger partial charge in [0.2, 0.25) is 5.91 Å². The lowest BCUT2D eigenvalue weighted by molar-refractivity contribution is -0.121. The van der Waals surface area contributed by atoms with Gasteiger partial charge in [0.25, 0.3) is 0 Å². The van der Waals surface area contributed by atoms with Crippen molar-refractivity contribution >= 4 is 33.3 Å². The third-order valence-electron chi connectivity index (χ3n) is 5.12. The lowest BCUT2D eigenvalue weighted by atomic mass is 10.2. The number of fused-ring (bicyclic) bond motifs is 3. The molecule has 0 bridgehead atoms. The molecule has 0 saturated carbocycles. The van der Waals surface area contributed by atoms with E-state index in [1.807, 2.05) is 11.3 Å². The van der Waals surface area contributed by atoms with Gasteiger partial charge in [0.15, 0.2) is 0 Å². The van der Waals surface area contributed by atoms with Gasteiger partial charge in [-0.1, -0.05) is 5.92 Å². The zero-order valence-corrected chi connectivity index (χ0v) is 15.6. The van der Waals surface area contributed by atoms with Crippen LogP contribution in [-0.4, -0.2) is 60.0 Å². The van der Waals surface area contributed by atoms with Crippen LogP contribution in [-0.2, 0) is 17.6 Å². The molecule has 2 aliphatic rings. The Morgan fingerprint density at radius 3 is 3.04 bits per heavy atom. The second kappa shape index (κ2) is 7.60. The van der Waals surface area contributed by atoms with Crippen LogP contribution in [0.1, 0.15) is 23.3 Å². The van der Waals surface area contributed by atoms with Crippen molar-refractivity contribution < 1.29 is 4.79 Å². The molecule has 0 atom stereocenters. The first-order valence-corrected chi connectivity index (χ1v) is 10.0. The molecule has 26 heavy (non-hydrogen) atoms. The van der Waals surface area contributed by atoms with Crippen LogP contribution >= 0.6 is 11.3 Å². The Hall–Kier alpha value is -2.17. The lowest BCUT2D eigenvalue weighted by Crippen LogP contribution is -2.39. The molecule has 0 spiro atoms. The summed E-state index contributed by atoms with van der Waals surface area (Å²) < 4.78 is 0. The van der Waals surface area contributed by atoms with E-state index in [4.69, 9.17) is 6.42 Å². The van der Waals surface area contributed by atoms with Crippen LogP contribution in [0.5, 0.6) is 0 Å². The predicted molar refractivity (Wildman–Crippen MR) is 105 cm³/mol. The number of aryl methyl sites for hydroxylation is 2. The van der Waals surface area contributed by atoms with Crippen LogP contribution in [0.15, 0.2) is 6.33 Å². The second-order valence-electron chi connectivity index (χ2n) is 6.83. The fraction of sp³-hybridized carbons (Fsp3) is 0.526. The number of nitrogens with zero attached hydrogens (tertiary/aromatic N) is 4. The van der Waals surface area contributed by atoms with Crippen molar-refractivity contribution in [3.05, 3.63) is 16.8 Å². The molecule has 7 heteroatoms. The van der Waals surface area contributed by atoms with Crippen LogP contribution in [0, 0.1) is 12.3 Å². The molecule has 0 unspecified atom stereocenters. The van der Waals surface area contributed by atoms with Gasteiger partial charge in [0, 0.05) is 31.1 Å². The number of carbonyl (C=O) groups is 1. The molecule has 4 rings (SSSR count). The fourth-order valence-electron chi connectivity index (χ4n) is 3.90. The molecule has 2 aromatic heterocycles. The first-order chi connectivity index (χ1) is 12.8. The summed E-state index contributed by atoms with van der Waals surface area (Å²) in [4.78, 5) is 28.3. The van der Waals surface area contributed by atoms with Gasteiger partial charge in [-0.15, -0.1) is 17.8 Å². The van der Waals surface area contributed by atoms with Crippen LogP contribution in [0.2, 0.25) is 0 Å². The second-order valence-corrected chi connectivity index (χ2v) is 7.92. The van der Waals surface area contributed by atoms with Gasteiger partial charge < -0.3 is 10.2 Å². The minimum atomic E-state index is -0.00326. The van der Waals surface area contributed by atoms with Gasteiger partial charge in [-0.25, -0.2) is 9.97 Å². The highest BCUT2D eigenvalue weighted by Gasteiger charge is 2.25. The van der Waals surface area contributed by atoms with E-state index in [2.05, 4.69) is 31.0 Å². The molecule has 0 radical (unpaired) electrons. The highest BCUT2D eigenvalue weighted by Crippen LogP contribution is 2.40. The minimum absolute atomic E-state index is 0.00326. The zero-order valence-electron chi connectivity index (χ0n) is 14.8. The topological polar surface area (TPSA) is 61.4 Å². The molecule has 1 saturated heterocycles. The molecule has 1 amide bonds. The Morgan fingerprint density at radius 1 is 1.23 bits per heavy atom. The van der Waals surface area contributed by atoms with E-state index < -0.39 is 0 Å². The van der Waals surface area contributed by atoms with Gasteiger partial charge in [-0.3, -0.25) is 9.69 Å². The number of hydrogen-bond donors (Lipinski definition) is 1. The molecule has 6 nitrogen and oxygen atoms in total. The van der Waals surface area contributed by atoms with Gasteiger partial charge in [0.1, 0.15) is 17.0 Å². The molecule has 1 aliphatic carbocycles. The van der Waals surface area contributed by atoms with Crippen molar-refractivity contribution in [2.24, 2.45) is 0 Å². The summed E-state index contributed by atoms with van der Waals surface area (Å²) in [6.07, 6.45) is 11.5. The molecule has 2 aromatic rings. The van der Waals surface area contributed by atoms with Gasteiger partial charge in [0.05, 0.1) is 18.5 Å². The van der Waals surface area contributed by atoms with Gasteiger partial charge in [-0.05, 0) is 31.2 Å². The monoisotopic (exact) mass is 369 g/mol. The third-order valence-corrected chi connectivity index (χ3v) is 6.32. The molecule has 136 valence electrons. The quantitative estimate of drug-likeness (QED) is 0.827. The number of thiophene rings is 1. The number of amides is 1. The summed E-state index contributed by atoms with van der Waals surface area (Å²) in [7, 11) is 0.